The third-order valence-electron chi connectivity index (χ3n) is 1.45. The highest BCUT2D eigenvalue weighted by Crippen LogP contribution is 2.17. The first-order valence-electron chi connectivity index (χ1n) is 3.90. The van der Waals surface area contributed by atoms with Gasteiger partial charge in [-0.05, 0) is 17.9 Å². The molecule has 1 aromatic rings. The second-order valence-corrected chi connectivity index (χ2v) is 3.80. The summed E-state index contributed by atoms with van der Waals surface area (Å²) in [6.45, 7) is 7.47. The van der Waals surface area contributed by atoms with Crippen molar-refractivity contribution in [2.45, 2.75) is 27.3 Å². The van der Waals surface area contributed by atoms with E-state index in [0.717, 1.165) is 6.54 Å². The largest absolute Gasteiger partial charge is 0.272 e. The molecule has 1 rings (SSSR count). The van der Waals surface area contributed by atoms with Crippen LogP contribution < -0.4 is 0 Å². The summed E-state index contributed by atoms with van der Waals surface area (Å²) in [5.41, 5.74) is 0.284. The molecule has 0 spiro atoms. The monoisotopic (exact) mass is 151 g/mol. The molecule has 1 radical (unpaired) electrons. The third-order valence-corrected chi connectivity index (χ3v) is 1.45. The minimum Gasteiger partial charge on any atom is -0.272 e. The van der Waals surface area contributed by atoms with Crippen LogP contribution in [-0.4, -0.2) is 9.78 Å². The third kappa shape index (κ3) is 3.21. The quantitative estimate of drug-likeness (QED) is 0.633. The van der Waals surface area contributed by atoms with Crippen molar-refractivity contribution < 1.29 is 0 Å². The van der Waals surface area contributed by atoms with Gasteiger partial charge in [-0.3, -0.25) is 4.68 Å². The van der Waals surface area contributed by atoms with Crippen LogP contribution in [0.5, 0.6) is 0 Å². The molecule has 61 valence electrons. The summed E-state index contributed by atoms with van der Waals surface area (Å²) in [5, 5.41) is 4.10. The molecule has 0 fully saturated rings. The maximum Gasteiger partial charge on any atom is 0.0489 e. The summed E-state index contributed by atoms with van der Waals surface area (Å²) >= 11 is 0. The van der Waals surface area contributed by atoms with E-state index in [4.69, 9.17) is 0 Å². The number of nitrogens with zero attached hydrogens (tertiary/aromatic N) is 2. The van der Waals surface area contributed by atoms with Crippen molar-refractivity contribution in [3.63, 3.8) is 0 Å². The molecule has 1 aromatic heterocycles. The van der Waals surface area contributed by atoms with Gasteiger partial charge in [-0.2, -0.15) is 5.10 Å². The van der Waals surface area contributed by atoms with Crippen molar-refractivity contribution in [2.24, 2.45) is 5.41 Å². The van der Waals surface area contributed by atoms with Gasteiger partial charge in [0.2, 0.25) is 0 Å². The first kappa shape index (κ1) is 8.31. The second-order valence-electron chi connectivity index (χ2n) is 3.80. The summed E-state index contributed by atoms with van der Waals surface area (Å²) in [4.78, 5) is 0. The van der Waals surface area contributed by atoms with E-state index in [0.29, 0.717) is 0 Å². The zero-order valence-corrected chi connectivity index (χ0v) is 7.41. The molecular formula is C9H15N2. The van der Waals surface area contributed by atoms with Crippen molar-refractivity contribution in [1.29, 1.82) is 0 Å². The highest BCUT2D eigenvalue weighted by molar-refractivity contribution is 4.84. The lowest BCUT2D eigenvalue weighted by atomic mass is 9.92. The average Bonchev–Trinajstić information content (AvgIpc) is 2.32. The van der Waals surface area contributed by atoms with Crippen LogP contribution in [0.4, 0.5) is 0 Å². The Balaban J connectivity index is 2.35. The van der Waals surface area contributed by atoms with Gasteiger partial charge >= 0.3 is 0 Å². The van der Waals surface area contributed by atoms with Gasteiger partial charge < -0.3 is 0 Å². The van der Waals surface area contributed by atoms with E-state index >= 15 is 0 Å². The zero-order valence-electron chi connectivity index (χ0n) is 7.41. The predicted molar refractivity (Wildman–Crippen MR) is 46.0 cm³/mol. The molecule has 0 saturated carbocycles. The smallest absolute Gasteiger partial charge is 0.0489 e. The average molecular weight is 151 g/mol. The second kappa shape index (κ2) is 3.07. The molecule has 2 nitrogen and oxygen atoms in total. The van der Waals surface area contributed by atoms with Crippen LogP contribution in [0, 0.1) is 11.8 Å². The Bertz CT molecular complexity index is 194. The van der Waals surface area contributed by atoms with Crippen molar-refractivity contribution >= 4 is 0 Å². The fourth-order valence-corrected chi connectivity index (χ4v) is 0.776. The Morgan fingerprint density at radius 2 is 2.18 bits per heavy atom. The highest BCUT2D eigenvalue weighted by Gasteiger charge is 2.09. The molecule has 11 heavy (non-hydrogen) atoms. The number of aromatic nitrogens is 2. The molecule has 0 aliphatic heterocycles. The van der Waals surface area contributed by atoms with E-state index in [1.165, 1.54) is 0 Å². The van der Waals surface area contributed by atoms with Gasteiger partial charge in [0.05, 0.1) is 0 Å². The summed E-state index contributed by atoms with van der Waals surface area (Å²) in [5.74, 6) is 0. The number of rotatable bonds is 2. The van der Waals surface area contributed by atoms with Crippen LogP contribution in [0.25, 0.3) is 0 Å². The molecule has 0 amide bonds. The standard InChI is InChI=1S/C9H15N2/c1-9(2,3)5-8-11-7-4-6-10-11/h4-7H,8H2,1-3H3. The molecule has 1 heterocycles. The molecule has 0 atom stereocenters. The van der Waals surface area contributed by atoms with Gasteiger partial charge in [0.1, 0.15) is 0 Å². The molecule has 0 unspecified atom stereocenters. The lowest BCUT2D eigenvalue weighted by Gasteiger charge is -2.16. The summed E-state index contributed by atoms with van der Waals surface area (Å²) in [7, 11) is 0. The van der Waals surface area contributed by atoms with E-state index in [9.17, 15) is 0 Å². The lowest BCUT2D eigenvalue weighted by Crippen LogP contribution is -2.11. The maximum atomic E-state index is 4.10. The SMILES string of the molecule is CC(C)(C)[CH]Cn1cccn1. The molecule has 0 N–H and O–H groups in total. The van der Waals surface area contributed by atoms with E-state index in [-0.39, 0.29) is 5.41 Å². The zero-order chi connectivity index (χ0) is 8.32. The van der Waals surface area contributed by atoms with Crippen molar-refractivity contribution in [1.82, 2.24) is 9.78 Å². The van der Waals surface area contributed by atoms with Gasteiger partial charge in [-0.1, -0.05) is 20.8 Å². The molecule has 0 aliphatic carbocycles. The van der Waals surface area contributed by atoms with Crippen molar-refractivity contribution in [2.75, 3.05) is 0 Å². The van der Waals surface area contributed by atoms with Crippen LogP contribution >= 0.6 is 0 Å². The number of hydrogen-bond acceptors (Lipinski definition) is 1. The first-order chi connectivity index (χ1) is 5.08. The van der Waals surface area contributed by atoms with Crippen LogP contribution in [-0.2, 0) is 6.54 Å². The highest BCUT2D eigenvalue weighted by atomic mass is 15.3. The molecular weight excluding hydrogens is 136 g/mol. The van der Waals surface area contributed by atoms with Crippen LogP contribution in [0.15, 0.2) is 18.5 Å². The fraction of sp³-hybridized carbons (Fsp3) is 0.556. The van der Waals surface area contributed by atoms with Gasteiger partial charge in [-0.25, -0.2) is 0 Å². The van der Waals surface area contributed by atoms with Crippen LogP contribution in [0.3, 0.4) is 0 Å². The van der Waals surface area contributed by atoms with Crippen molar-refractivity contribution in [3.05, 3.63) is 24.9 Å². The molecule has 0 saturated heterocycles. The molecule has 0 aromatic carbocycles. The molecule has 0 bridgehead atoms. The number of hydrogen-bond donors (Lipinski definition) is 0. The Morgan fingerprint density at radius 3 is 2.64 bits per heavy atom. The molecule has 0 aliphatic rings. The van der Waals surface area contributed by atoms with E-state index in [2.05, 4.69) is 32.3 Å². The Kier molecular flexibility index (Phi) is 2.32. The van der Waals surface area contributed by atoms with E-state index < -0.39 is 0 Å². The minimum absolute atomic E-state index is 0.284. The maximum absolute atomic E-state index is 4.10. The topological polar surface area (TPSA) is 17.8 Å². The first-order valence-corrected chi connectivity index (χ1v) is 3.90. The van der Waals surface area contributed by atoms with Gasteiger partial charge in [-0.15, -0.1) is 0 Å². The van der Waals surface area contributed by atoms with Gasteiger partial charge in [0, 0.05) is 18.9 Å². The van der Waals surface area contributed by atoms with Crippen LogP contribution in [0.2, 0.25) is 0 Å². The summed E-state index contributed by atoms with van der Waals surface area (Å²) in [6.07, 6.45) is 6.03. The van der Waals surface area contributed by atoms with Gasteiger partial charge in [0.25, 0.3) is 0 Å². The van der Waals surface area contributed by atoms with E-state index in [1.54, 1.807) is 6.20 Å². The Labute approximate surface area is 68.2 Å². The van der Waals surface area contributed by atoms with Gasteiger partial charge in [0.15, 0.2) is 0 Å². The lowest BCUT2D eigenvalue weighted by molar-refractivity contribution is 0.449. The summed E-state index contributed by atoms with van der Waals surface area (Å²) < 4.78 is 1.92. The fourth-order valence-electron chi connectivity index (χ4n) is 0.776. The Morgan fingerprint density at radius 1 is 1.45 bits per heavy atom. The Hall–Kier alpha value is -0.790. The van der Waals surface area contributed by atoms with Crippen LogP contribution in [0.1, 0.15) is 20.8 Å². The summed E-state index contributed by atoms with van der Waals surface area (Å²) in [6, 6.07) is 1.94. The predicted octanol–water partition coefficient (Wildman–Crippen LogP) is 2.13. The molecule has 2 heteroatoms. The normalized spacial score (nSPS) is 11.9. The minimum atomic E-state index is 0.284. The van der Waals surface area contributed by atoms with Crippen molar-refractivity contribution in [3.8, 4) is 0 Å². The van der Waals surface area contributed by atoms with E-state index in [1.807, 2.05) is 16.9 Å².